The first kappa shape index (κ1) is 13.8. The van der Waals surface area contributed by atoms with Crippen molar-refractivity contribution in [1.82, 2.24) is 14.8 Å². The lowest BCUT2D eigenvalue weighted by Gasteiger charge is -2.21. The van der Waals surface area contributed by atoms with Crippen LogP contribution in [0.15, 0.2) is 5.16 Å². The van der Waals surface area contributed by atoms with E-state index in [4.69, 9.17) is 10.5 Å². The van der Waals surface area contributed by atoms with Gasteiger partial charge in [-0.05, 0) is 25.2 Å². The maximum Gasteiger partial charge on any atom is 0.191 e. The predicted octanol–water partition coefficient (Wildman–Crippen LogP) is 1.67. The smallest absolute Gasteiger partial charge is 0.191 e. The van der Waals surface area contributed by atoms with Crippen LogP contribution in [0, 0.1) is 5.92 Å². The van der Waals surface area contributed by atoms with Gasteiger partial charge < -0.3 is 15.0 Å². The molecule has 1 saturated heterocycles. The Balaban J connectivity index is 1.93. The molecule has 0 unspecified atom stereocenters. The Morgan fingerprint density at radius 3 is 2.83 bits per heavy atom. The van der Waals surface area contributed by atoms with E-state index in [1.807, 2.05) is 11.8 Å². The fourth-order valence-electron chi connectivity index (χ4n) is 2.13. The Hall–Kier alpha value is -0.590. The van der Waals surface area contributed by atoms with E-state index in [0.717, 1.165) is 48.8 Å². The third-order valence-corrected chi connectivity index (χ3v) is 4.41. The number of rotatable bonds is 6. The zero-order chi connectivity index (χ0) is 12.8. The maximum atomic E-state index is 5.68. The van der Waals surface area contributed by atoms with Gasteiger partial charge >= 0.3 is 0 Å². The standard InChI is InChI=1S/C12H22N4OS/c1-2-5-16-11(8-13)14-15-12(16)18-9-10-3-6-17-7-4-10/h10H,2-9,13H2,1H3. The Bertz CT molecular complexity index is 363. The van der Waals surface area contributed by atoms with E-state index in [2.05, 4.69) is 21.7 Å². The number of nitrogens with two attached hydrogens (primary N) is 1. The van der Waals surface area contributed by atoms with Crippen LogP contribution in [0.5, 0.6) is 0 Å². The molecule has 6 heteroatoms. The summed E-state index contributed by atoms with van der Waals surface area (Å²) in [6.07, 6.45) is 3.41. The van der Waals surface area contributed by atoms with Crippen LogP contribution in [-0.4, -0.2) is 33.7 Å². The van der Waals surface area contributed by atoms with E-state index in [0.29, 0.717) is 6.54 Å². The number of nitrogens with zero attached hydrogens (tertiary/aromatic N) is 3. The lowest BCUT2D eigenvalue weighted by Crippen LogP contribution is -2.17. The molecular formula is C12H22N4OS. The van der Waals surface area contributed by atoms with Crippen molar-refractivity contribution in [3.05, 3.63) is 5.82 Å². The summed E-state index contributed by atoms with van der Waals surface area (Å²) in [5.74, 6) is 2.75. The van der Waals surface area contributed by atoms with Gasteiger partial charge in [-0.2, -0.15) is 0 Å². The molecule has 102 valence electrons. The van der Waals surface area contributed by atoms with Gasteiger partial charge in [-0.15, -0.1) is 10.2 Å². The van der Waals surface area contributed by atoms with Crippen molar-refractivity contribution in [2.45, 2.75) is 44.4 Å². The van der Waals surface area contributed by atoms with E-state index in [9.17, 15) is 0 Å². The minimum absolute atomic E-state index is 0.463. The van der Waals surface area contributed by atoms with Gasteiger partial charge in [-0.1, -0.05) is 18.7 Å². The molecule has 0 bridgehead atoms. The molecule has 1 aliphatic heterocycles. The third kappa shape index (κ3) is 3.46. The molecule has 0 aromatic carbocycles. The van der Waals surface area contributed by atoms with E-state index >= 15 is 0 Å². The third-order valence-electron chi connectivity index (χ3n) is 3.21. The van der Waals surface area contributed by atoms with Crippen LogP contribution < -0.4 is 5.73 Å². The number of aromatic nitrogens is 3. The summed E-state index contributed by atoms with van der Waals surface area (Å²) < 4.78 is 7.53. The van der Waals surface area contributed by atoms with Gasteiger partial charge in [-0.25, -0.2) is 0 Å². The van der Waals surface area contributed by atoms with E-state index in [-0.39, 0.29) is 0 Å². The van der Waals surface area contributed by atoms with Crippen LogP contribution in [0.3, 0.4) is 0 Å². The Kier molecular flexibility index (Phi) is 5.46. The normalized spacial score (nSPS) is 17.2. The van der Waals surface area contributed by atoms with Crippen LogP contribution in [0.2, 0.25) is 0 Å². The molecule has 1 aromatic heterocycles. The van der Waals surface area contributed by atoms with Crippen molar-refractivity contribution in [3.63, 3.8) is 0 Å². The minimum atomic E-state index is 0.463. The maximum absolute atomic E-state index is 5.68. The van der Waals surface area contributed by atoms with Crippen molar-refractivity contribution in [2.24, 2.45) is 11.7 Å². The van der Waals surface area contributed by atoms with Gasteiger partial charge in [0, 0.05) is 25.5 Å². The summed E-state index contributed by atoms with van der Waals surface area (Å²) in [5, 5.41) is 9.43. The topological polar surface area (TPSA) is 66.0 Å². The van der Waals surface area contributed by atoms with Crippen LogP contribution >= 0.6 is 11.8 Å². The van der Waals surface area contributed by atoms with Gasteiger partial charge in [0.25, 0.3) is 0 Å². The molecule has 2 rings (SSSR count). The number of hydrogen-bond donors (Lipinski definition) is 1. The molecule has 2 N–H and O–H groups in total. The van der Waals surface area contributed by atoms with Crippen LogP contribution in [0.25, 0.3) is 0 Å². The summed E-state index contributed by atoms with van der Waals surface area (Å²) in [4.78, 5) is 0. The zero-order valence-corrected chi connectivity index (χ0v) is 11.8. The average molecular weight is 270 g/mol. The van der Waals surface area contributed by atoms with Crippen molar-refractivity contribution in [3.8, 4) is 0 Å². The molecule has 0 atom stereocenters. The summed E-state index contributed by atoms with van der Waals surface area (Å²) in [5.41, 5.74) is 5.68. The van der Waals surface area contributed by atoms with E-state index < -0.39 is 0 Å². The van der Waals surface area contributed by atoms with Crippen molar-refractivity contribution in [2.75, 3.05) is 19.0 Å². The average Bonchev–Trinajstić information content (AvgIpc) is 2.80. The second kappa shape index (κ2) is 7.11. The first-order valence-electron chi connectivity index (χ1n) is 6.67. The molecule has 18 heavy (non-hydrogen) atoms. The largest absolute Gasteiger partial charge is 0.381 e. The highest BCUT2D eigenvalue weighted by molar-refractivity contribution is 7.99. The van der Waals surface area contributed by atoms with Gasteiger partial charge in [0.2, 0.25) is 0 Å². The van der Waals surface area contributed by atoms with Gasteiger partial charge in [0.1, 0.15) is 5.82 Å². The molecule has 5 nitrogen and oxygen atoms in total. The quantitative estimate of drug-likeness (QED) is 0.796. The van der Waals surface area contributed by atoms with Crippen LogP contribution in [0.4, 0.5) is 0 Å². The first-order valence-corrected chi connectivity index (χ1v) is 7.66. The van der Waals surface area contributed by atoms with E-state index in [1.54, 1.807) is 0 Å². The summed E-state index contributed by atoms with van der Waals surface area (Å²) in [7, 11) is 0. The Morgan fingerprint density at radius 2 is 2.17 bits per heavy atom. The first-order chi connectivity index (χ1) is 8.85. The van der Waals surface area contributed by atoms with Gasteiger partial charge in [-0.3, -0.25) is 0 Å². The highest BCUT2D eigenvalue weighted by Gasteiger charge is 2.17. The molecule has 0 radical (unpaired) electrons. The molecular weight excluding hydrogens is 248 g/mol. The number of thioether (sulfide) groups is 1. The number of hydrogen-bond acceptors (Lipinski definition) is 5. The molecule has 1 aromatic rings. The van der Waals surface area contributed by atoms with Crippen molar-refractivity contribution in [1.29, 1.82) is 0 Å². The molecule has 0 aliphatic carbocycles. The Morgan fingerprint density at radius 1 is 1.39 bits per heavy atom. The molecule has 1 fully saturated rings. The highest BCUT2D eigenvalue weighted by Crippen LogP contribution is 2.25. The van der Waals surface area contributed by atoms with Gasteiger partial charge in [0.15, 0.2) is 5.16 Å². The molecule has 0 amide bonds. The fourth-order valence-corrected chi connectivity index (χ4v) is 3.30. The summed E-state index contributed by atoms with van der Waals surface area (Å²) in [6, 6.07) is 0. The molecule has 2 heterocycles. The fraction of sp³-hybridized carbons (Fsp3) is 0.833. The van der Waals surface area contributed by atoms with Crippen LogP contribution in [0.1, 0.15) is 32.0 Å². The SMILES string of the molecule is CCCn1c(CN)nnc1SCC1CCOCC1. The second-order valence-electron chi connectivity index (χ2n) is 4.62. The molecule has 1 aliphatic rings. The zero-order valence-electron chi connectivity index (χ0n) is 11.0. The molecule has 0 saturated carbocycles. The lowest BCUT2D eigenvalue weighted by molar-refractivity contribution is 0.0727. The van der Waals surface area contributed by atoms with Crippen molar-refractivity contribution >= 4 is 11.8 Å². The van der Waals surface area contributed by atoms with Gasteiger partial charge in [0.05, 0.1) is 6.54 Å². The monoisotopic (exact) mass is 270 g/mol. The molecule has 0 spiro atoms. The van der Waals surface area contributed by atoms with E-state index in [1.165, 1.54) is 12.8 Å². The Labute approximate surface area is 112 Å². The summed E-state index contributed by atoms with van der Waals surface area (Å²) >= 11 is 1.81. The van der Waals surface area contributed by atoms with Crippen molar-refractivity contribution < 1.29 is 4.74 Å². The highest BCUT2D eigenvalue weighted by atomic mass is 32.2. The predicted molar refractivity (Wildman–Crippen MR) is 72.5 cm³/mol. The van der Waals surface area contributed by atoms with Crippen LogP contribution in [-0.2, 0) is 17.8 Å². The lowest BCUT2D eigenvalue weighted by atomic mass is 10.0. The minimum Gasteiger partial charge on any atom is -0.381 e. The summed E-state index contributed by atoms with van der Waals surface area (Å²) in [6.45, 7) is 5.38. The number of ether oxygens (including phenoxy) is 1. The second-order valence-corrected chi connectivity index (χ2v) is 5.61.